The second-order valence-corrected chi connectivity index (χ2v) is 5.23. The predicted molar refractivity (Wildman–Crippen MR) is 65.3 cm³/mol. The number of hydrogen-bond acceptors (Lipinski definition) is 3. The Balaban J connectivity index is 2.73. The van der Waals surface area contributed by atoms with Crippen molar-refractivity contribution >= 4 is 6.09 Å². The number of carbonyl (C=O) groups is 1. The van der Waals surface area contributed by atoms with E-state index in [9.17, 15) is 4.79 Å². The lowest BCUT2D eigenvalue weighted by Crippen LogP contribution is -2.40. The molecule has 0 aliphatic carbocycles. The van der Waals surface area contributed by atoms with Gasteiger partial charge in [-0.15, -0.1) is 0 Å². The molecule has 17 heavy (non-hydrogen) atoms. The highest BCUT2D eigenvalue weighted by Gasteiger charge is 2.37. The Morgan fingerprint density at radius 1 is 1.53 bits per heavy atom. The molecule has 0 aromatic rings. The van der Waals surface area contributed by atoms with E-state index in [1.54, 1.807) is 0 Å². The summed E-state index contributed by atoms with van der Waals surface area (Å²) in [6, 6.07) is 1.79. The largest absolute Gasteiger partial charge is 0.444 e. The summed E-state index contributed by atoms with van der Waals surface area (Å²) < 4.78 is 5.29. The Kier molecular flexibility index (Phi) is 4.17. The van der Waals surface area contributed by atoms with Gasteiger partial charge in [0.25, 0.3) is 0 Å². The summed E-state index contributed by atoms with van der Waals surface area (Å²) in [6.45, 7) is 7.98. The average molecular weight is 236 g/mol. The van der Waals surface area contributed by atoms with E-state index >= 15 is 0 Å². The van der Waals surface area contributed by atoms with Gasteiger partial charge in [-0.1, -0.05) is 12.2 Å². The third-order valence-corrected chi connectivity index (χ3v) is 2.64. The summed E-state index contributed by atoms with van der Waals surface area (Å²) in [6.07, 6.45) is 4.34. The molecule has 0 radical (unpaired) electrons. The molecule has 0 saturated carbocycles. The molecule has 4 nitrogen and oxygen atoms in total. The number of likely N-dealkylation sites (tertiary alicyclic amines) is 1. The Labute approximate surface area is 103 Å². The van der Waals surface area contributed by atoms with Crippen LogP contribution in [0.25, 0.3) is 0 Å². The van der Waals surface area contributed by atoms with Crippen LogP contribution in [-0.2, 0) is 4.74 Å². The SMILES string of the molecule is C/C=C\C1CCN(C(=O)OC(C)(C)C)C1C#N. The smallest absolute Gasteiger partial charge is 0.411 e. The number of carbonyl (C=O) groups excluding carboxylic acids is 1. The van der Waals surface area contributed by atoms with Gasteiger partial charge in [0.05, 0.1) is 6.07 Å². The quantitative estimate of drug-likeness (QED) is 0.658. The average Bonchev–Trinajstić information content (AvgIpc) is 2.58. The number of allylic oxidation sites excluding steroid dienone is 1. The number of nitrogens with zero attached hydrogens (tertiary/aromatic N) is 2. The van der Waals surface area contributed by atoms with Crippen LogP contribution in [0.4, 0.5) is 4.79 Å². The number of amides is 1. The molecule has 2 atom stereocenters. The van der Waals surface area contributed by atoms with Crippen LogP contribution in [0.2, 0.25) is 0 Å². The van der Waals surface area contributed by atoms with Crippen LogP contribution in [0.5, 0.6) is 0 Å². The molecule has 1 heterocycles. The highest BCUT2D eigenvalue weighted by atomic mass is 16.6. The lowest BCUT2D eigenvalue weighted by atomic mass is 10.0. The molecule has 0 bridgehead atoms. The molecule has 1 aliphatic rings. The minimum atomic E-state index is -0.518. The number of rotatable bonds is 1. The Morgan fingerprint density at radius 3 is 2.65 bits per heavy atom. The first-order chi connectivity index (χ1) is 7.89. The summed E-state index contributed by atoms with van der Waals surface area (Å²) in [5.74, 6) is 0.123. The van der Waals surface area contributed by atoms with Crippen molar-refractivity contribution in [3.05, 3.63) is 12.2 Å². The molecule has 0 N–H and O–H groups in total. The standard InChI is InChI=1S/C13H20N2O2/c1-5-6-10-7-8-15(11(10)9-14)12(16)17-13(2,3)4/h5-6,10-11H,7-8H2,1-4H3/b6-5-. The van der Waals surface area contributed by atoms with Crippen LogP contribution in [0.3, 0.4) is 0 Å². The van der Waals surface area contributed by atoms with Crippen LogP contribution in [-0.4, -0.2) is 29.2 Å². The topological polar surface area (TPSA) is 53.3 Å². The molecular formula is C13H20N2O2. The molecule has 1 rings (SSSR count). The van der Waals surface area contributed by atoms with Crippen LogP contribution >= 0.6 is 0 Å². The Morgan fingerprint density at radius 2 is 2.18 bits per heavy atom. The van der Waals surface area contributed by atoms with E-state index in [4.69, 9.17) is 10.00 Å². The van der Waals surface area contributed by atoms with Gasteiger partial charge in [0.15, 0.2) is 0 Å². The molecule has 0 aromatic heterocycles. The maximum atomic E-state index is 11.9. The van der Waals surface area contributed by atoms with Gasteiger partial charge < -0.3 is 4.74 Å². The molecular weight excluding hydrogens is 216 g/mol. The molecule has 94 valence electrons. The number of ether oxygens (including phenoxy) is 1. The van der Waals surface area contributed by atoms with E-state index < -0.39 is 17.7 Å². The van der Waals surface area contributed by atoms with Crippen molar-refractivity contribution in [3.8, 4) is 6.07 Å². The van der Waals surface area contributed by atoms with Crippen molar-refractivity contribution < 1.29 is 9.53 Å². The summed E-state index contributed by atoms with van der Waals surface area (Å²) in [5.41, 5.74) is -0.518. The van der Waals surface area contributed by atoms with Crippen LogP contribution in [0, 0.1) is 17.2 Å². The zero-order valence-electron chi connectivity index (χ0n) is 10.9. The van der Waals surface area contributed by atoms with E-state index in [0.717, 1.165) is 6.42 Å². The van der Waals surface area contributed by atoms with Crippen molar-refractivity contribution in [3.63, 3.8) is 0 Å². The predicted octanol–water partition coefficient (Wildman–Crippen LogP) is 2.71. The Hall–Kier alpha value is -1.50. The first-order valence-electron chi connectivity index (χ1n) is 5.91. The lowest BCUT2D eigenvalue weighted by Gasteiger charge is -2.26. The van der Waals surface area contributed by atoms with E-state index in [1.165, 1.54) is 4.90 Å². The third kappa shape index (κ3) is 3.48. The van der Waals surface area contributed by atoms with Gasteiger partial charge >= 0.3 is 6.09 Å². The van der Waals surface area contributed by atoms with E-state index in [1.807, 2.05) is 39.8 Å². The maximum absolute atomic E-state index is 11.9. The van der Waals surface area contributed by atoms with Crippen molar-refractivity contribution in [2.75, 3.05) is 6.54 Å². The number of nitriles is 1. The van der Waals surface area contributed by atoms with Gasteiger partial charge in [0.1, 0.15) is 11.6 Å². The van der Waals surface area contributed by atoms with Gasteiger partial charge in [0, 0.05) is 12.5 Å². The van der Waals surface area contributed by atoms with E-state index in [0.29, 0.717) is 6.54 Å². The van der Waals surface area contributed by atoms with Gasteiger partial charge in [-0.05, 0) is 34.1 Å². The van der Waals surface area contributed by atoms with Crippen molar-refractivity contribution in [2.45, 2.75) is 45.8 Å². The highest BCUT2D eigenvalue weighted by Crippen LogP contribution is 2.26. The fourth-order valence-electron chi connectivity index (χ4n) is 1.96. The molecule has 1 fully saturated rings. The zero-order valence-corrected chi connectivity index (χ0v) is 10.9. The summed E-state index contributed by atoms with van der Waals surface area (Å²) in [4.78, 5) is 13.4. The fourth-order valence-corrected chi connectivity index (χ4v) is 1.96. The van der Waals surface area contributed by atoms with Gasteiger partial charge in [-0.3, -0.25) is 4.90 Å². The number of hydrogen-bond donors (Lipinski definition) is 0. The molecule has 2 unspecified atom stereocenters. The molecule has 1 saturated heterocycles. The van der Waals surface area contributed by atoms with E-state index in [2.05, 4.69) is 6.07 Å². The van der Waals surface area contributed by atoms with E-state index in [-0.39, 0.29) is 5.92 Å². The van der Waals surface area contributed by atoms with Crippen LogP contribution in [0.1, 0.15) is 34.1 Å². The molecule has 1 amide bonds. The van der Waals surface area contributed by atoms with Gasteiger partial charge in [-0.25, -0.2) is 4.79 Å². The Bertz CT molecular complexity index is 349. The second-order valence-electron chi connectivity index (χ2n) is 5.23. The third-order valence-electron chi connectivity index (χ3n) is 2.64. The summed E-state index contributed by atoms with van der Waals surface area (Å²) >= 11 is 0. The molecule has 0 spiro atoms. The monoisotopic (exact) mass is 236 g/mol. The second kappa shape index (κ2) is 5.22. The van der Waals surface area contributed by atoms with Crippen molar-refractivity contribution in [1.82, 2.24) is 4.90 Å². The first-order valence-corrected chi connectivity index (χ1v) is 5.91. The van der Waals surface area contributed by atoms with Crippen LogP contribution < -0.4 is 0 Å². The lowest BCUT2D eigenvalue weighted by molar-refractivity contribution is 0.0252. The van der Waals surface area contributed by atoms with Crippen molar-refractivity contribution in [1.29, 1.82) is 5.26 Å². The molecule has 0 aromatic carbocycles. The fraction of sp³-hybridized carbons (Fsp3) is 0.692. The maximum Gasteiger partial charge on any atom is 0.411 e. The minimum Gasteiger partial charge on any atom is -0.444 e. The first kappa shape index (κ1) is 13.6. The zero-order chi connectivity index (χ0) is 13.1. The summed E-state index contributed by atoms with van der Waals surface area (Å²) in [7, 11) is 0. The molecule has 4 heteroatoms. The van der Waals surface area contributed by atoms with Crippen LogP contribution in [0.15, 0.2) is 12.2 Å². The van der Waals surface area contributed by atoms with Crippen molar-refractivity contribution in [2.24, 2.45) is 5.92 Å². The van der Waals surface area contributed by atoms with Gasteiger partial charge in [0.2, 0.25) is 0 Å². The van der Waals surface area contributed by atoms with Gasteiger partial charge in [-0.2, -0.15) is 5.26 Å². The highest BCUT2D eigenvalue weighted by molar-refractivity contribution is 5.69. The molecule has 1 aliphatic heterocycles. The minimum absolute atomic E-state index is 0.123. The normalized spacial score (nSPS) is 25.0. The summed E-state index contributed by atoms with van der Waals surface area (Å²) in [5, 5.41) is 9.15.